The SMILES string of the molecule is CC(C)(C)n1nc(C(=O)N2CCCC2CCCO)cc1C1CC1. The lowest BCUT2D eigenvalue weighted by molar-refractivity contribution is 0.0716. The molecular formula is C18H29N3O2. The highest BCUT2D eigenvalue weighted by Crippen LogP contribution is 2.42. The molecule has 1 unspecified atom stereocenters. The summed E-state index contributed by atoms with van der Waals surface area (Å²) in [4.78, 5) is 14.9. The molecule has 1 aliphatic carbocycles. The molecule has 1 aliphatic heterocycles. The maximum Gasteiger partial charge on any atom is 0.274 e. The van der Waals surface area contributed by atoms with Crippen LogP contribution >= 0.6 is 0 Å². The predicted molar refractivity (Wildman–Crippen MR) is 89.6 cm³/mol. The number of aromatic nitrogens is 2. The van der Waals surface area contributed by atoms with Gasteiger partial charge in [-0.3, -0.25) is 9.48 Å². The number of rotatable bonds is 5. The van der Waals surface area contributed by atoms with Crippen LogP contribution in [0.25, 0.3) is 0 Å². The molecule has 1 aromatic rings. The topological polar surface area (TPSA) is 58.4 Å². The Bertz CT molecular complexity index is 569. The maximum atomic E-state index is 12.9. The van der Waals surface area contributed by atoms with Crippen LogP contribution < -0.4 is 0 Å². The third-order valence-corrected chi connectivity index (χ3v) is 4.92. The molecule has 2 aliphatic rings. The number of hydrogen-bond donors (Lipinski definition) is 1. The highest BCUT2D eigenvalue weighted by atomic mass is 16.3. The molecule has 3 rings (SSSR count). The molecule has 23 heavy (non-hydrogen) atoms. The van der Waals surface area contributed by atoms with Crippen molar-refractivity contribution in [2.24, 2.45) is 0 Å². The Kier molecular flexibility index (Phi) is 4.50. The molecule has 1 aromatic heterocycles. The fourth-order valence-corrected chi connectivity index (χ4v) is 3.58. The van der Waals surface area contributed by atoms with Crippen molar-refractivity contribution < 1.29 is 9.90 Å². The number of nitrogens with zero attached hydrogens (tertiary/aromatic N) is 3. The number of likely N-dealkylation sites (tertiary alicyclic amines) is 1. The van der Waals surface area contributed by atoms with Gasteiger partial charge in [-0.2, -0.15) is 5.10 Å². The van der Waals surface area contributed by atoms with Crippen molar-refractivity contribution in [3.05, 3.63) is 17.5 Å². The van der Waals surface area contributed by atoms with Gasteiger partial charge < -0.3 is 10.0 Å². The molecule has 5 heteroatoms. The van der Waals surface area contributed by atoms with E-state index < -0.39 is 0 Å². The van der Waals surface area contributed by atoms with Gasteiger partial charge in [0.1, 0.15) is 0 Å². The van der Waals surface area contributed by atoms with E-state index in [1.165, 1.54) is 18.5 Å². The van der Waals surface area contributed by atoms with Crippen LogP contribution in [0.3, 0.4) is 0 Å². The summed E-state index contributed by atoms with van der Waals surface area (Å²) in [6, 6.07) is 2.28. The second-order valence-corrected chi connectivity index (χ2v) is 7.97. The Labute approximate surface area is 138 Å². The van der Waals surface area contributed by atoms with E-state index in [0.717, 1.165) is 32.2 Å². The number of aliphatic hydroxyl groups is 1. The number of hydrogen-bond acceptors (Lipinski definition) is 3. The second kappa shape index (κ2) is 6.27. The lowest BCUT2D eigenvalue weighted by atomic mass is 10.1. The third kappa shape index (κ3) is 3.44. The summed E-state index contributed by atoms with van der Waals surface area (Å²) in [5.74, 6) is 0.641. The average Bonchev–Trinajstić information content (AvgIpc) is 3.07. The van der Waals surface area contributed by atoms with Crippen molar-refractivity contribution in [3.8, 4) is 0 Å². The molecule has 0 bridgehead atoms. The fourth-order valence-electron chi connectivity index (χ4n) is 3.58. The standard InChI is InChI=1S/C18H29N3O2/c1-18(2,3)21-16(13-8-9-13)12-15(19-21)17(23)20-10-4-6-14(20)7-5-11-22/h12-14,22H,4-11H2,1-3H3. The van der Waals surface area contributed by atoms with Gasteiger partial charge in [-0.05, 0) is 65.4 Å². The minimum absolute atomic E-state index is 0.0651. The Morgan fingerprint density at radius 2 is 2.09 bits per heavy atom. The first kappa shape index (κ1) is 16.5. The van der Waals surface area contributed by atoms with Gasteiger partial charge in [0.15, 0.2) is 5.69 Å². The number of carbonyl (C=O) groups excluding carboxylic acids is 1. The van der Waals surface area contributed by atoms with E-state index >= 15 is 0 Å². The quantitative estimate of drug-likeness (QED) is 0.908. The van der Waals surface area contributed by atoms with Crippen LogP contribution in [0.1, 0.15) is 81.4 Å². The molecule has 0 aromatic carbocycles. The molecule has 0 radical (unpaired) electrons. The summed E-state index contributed by atoms with van der Waals surface area (Å²) in [7, 11) is 0. The number of carbonyl (C=O) groups is 1. The van der Waals surface area contributed by atoms with Crippen LogP contribution in [-0.4, -0.2) is 44.9 Å². The molecule has 1 saturated carbocycles. The van der Waals surface area contributed by atoms with Crippen molar-refractivity contribution in [3.63, 3.8) is 0 Å². The zero-order valence-corrected chi connectivity index (χ0v) is 14.6. The van der Waals surface area contributed by atoms with Gasteiger partial charge in [-0.1, -0.05) is 0 Å². The van der Waals surface area contributed by atoms with E-state index in [2.05, 4.69) is 30.6 Å². The maximum absolute atomic E-state index is 12.9. The zero-order valence-electron chi connectivity index (χ0n) is 14.6. The minimum Gasteiger partial charge on any atom is -0.396 e. The molecule has 2 fully saturated rings. The van der Waals surface area contributed by atoms with Gasteiger partial charge in [-0.25, -0.2) is 0 Å². The molecule has 1 amide bonds. The third-order valence-electron chi connectivity index (χ3n) is 4.92. The van der Waals surface area contributed by atoms with E-state index in [-0.39, 0.29) is 24.1 Å². The van der Waals surface area contributed by atoms with Gasteiger partial charge in [-0.15, -0.1) is 0 Å². The normalized spacial score (nSPS) is 21.9. The van der Waals surface area contributed by atoms with E-state index in [9.17, 15) is 4.79 Å². The molecule has 128 valence electrons. The summed E-state index contributed by atoms with van der Waals surface area (Å²) in [5.41, 5.74) is 1.71. The monoisotopic (exact) mass is 319 g/mol. The van der Waals surface area contributed by atoms with E-state index in [1.807, 2.05) is 11.0 Å². The van der Waals surface area contributed by atoms with Crippen LogP contribution in [0, 0.1) is 0 Å². The molecule has 2 heterocycles. The largest absolute Gasteiger partial charge is 0.396 e. The van der Waals surface area contributed by atoms with Crippen molar-refractivity contribution >= 4 is 5.91 Å². The van der Waals surface area contributed by atoms with Crippen LogP contribution in [0.2, 0.25) is 0 Å². The summed E-state index contributed by atoms with van der Waals surface area (Å²) in [6.45, 7) is 7.43. The molecule has 0 spiro atoms. The Morgan fingerprint density at radius 3 is 2.70 bits per heavy atom. The summed E-state index contributed by atoms with van der Waals surface area (Å²) in [5, 5.41) is 13.7. The van der Waals surface area contributed by atoms with Crippen molar-refractivity contribution in [1.82, 2.24) is 14.7 Å². The van der Waals surface area contributed by atoms with Crippen molar-refractivity contribution in [1.29, 1.82) is 0 Å². The van der Waals surface area contributed by atoms with Crippen LogP contribution in [0.4, 0.5) is 0 Å². The fraction of sp³-hybridized carbons (Fsp3) is 0.778. The van der Waals surface area contributed by atoms with E-state index in [0.29, 0.717) is 11.6 Å². The summed E-state index contributed by atoms with van der Waals surface area (Å²) >= 11 is 0. The zero-order chi connectivity index (χ0) is 16.6. The van der Waals surface area contributed by atoms with Gasteiger partial charge in [0.05, 0.1) is 5.54 Å². The first-order valence-corrected chi connectivity index (χ1v) is 8.94. The highest BCUT2D eigenvalue weighted by molar-refractivity contribution is 5.93. The number of amides is 1. The Balaban J connectivity index is 1.82. The van der Waals surface area contributed by atoms with Gasteiger partial charge in [0.2, 0.25) is 0 Å². The van der Waals surface area contributed by atoms with Crippen molar-refractivity contribution in [2.75, 3.05) is 13.2 Å². The number of aliphatic hydroxyl groups excluding tert-OH is 1. The molecule has 1 saturated heterocycles. The van der Waals surface area contributed by atoms with Gasteiger partial charge in [0.25, 0.3) is 5.91 Å². The van der Waals surface area contributed by atoms with Gasteiger partial charge >= 0.3 is 0 Å². The molecule has 1 atom stereocenters. The van der Waals surface area contributed by atoms with E-state index in [4.69, 9.17) is 5.11 Å². The predicted octanol–water partition coefficient (Wildman–Crippen LogP) is 2.89. The molecule has 1 N–H and O–H groups in total. The smallest absolute Gasteiger partial charge is 0.274 e. The minimum atomic E-state index is -0.0995. The first-order valence-electron chi connectivity index (χ1n) is 8.94. The molecule has 5 nitrogen and oxygen atoms in total. The summed E-state index contributed by atoms with van der Waals surface area (Å²) in [6.07, 6.45) is 6.16. The van der Waals surface area contributed by atoms with Crippen LogP contribution in [0.15, 0.2) is 6.07 Å². The Hall–Kier alpha value is -1.36. The molecular weight excluding hydrogens is 290 g/mol. The van der Waals surface area contributed by atoms with Crippen LogP contribution in [0.5, 0.6) is 0 Å². The summed E-state index contributed by atoms with van der Waals surface area (Å²) < 4.78 is 2.05. The van der Waals surface area contributed by atoms with E-state index in [1.54, 1.807) is 0 Å². The second-order valence-electron chi connectivity index (χ2n) is 7.97. The Morgan fingerprint density at radius 1 is 1.35 bits per heavy atom. The van der Waals surface area contributed by atoms with Gasteiger partial charge in [0, 0.05) is 30.8 Å². The highest BCUT2D eigenvalue weighted by Gasteiger charge is 2.35. The lowest BCUT2D eigenvalue weighted by Gasteiger charge is -2.24. The lowest BCUT2D eigenvalue weighted by Crippen LogP contribution is -2.36. The van der Waals surface area contributed by atoms with Crippen molar-refractivity contribution in [2.45, 2.75) is 76.8 Å². The average molecular weight is 319 g/mol. The van der Waals surface area contributed by atoms with Crippen LogP contribution in [-0.2, 0) is 5.54 Å². The first-order chi connectivity index (χ1) is 10.9.